The third kappa shape index (κ3) is 3.55. The van der Waals surface area contributed by atoms with Gasteiger partial charge in [-0.25, -0.2) is 4.98 Å². The first kappa shape index (κ1) is 17.5. The number of thioether (sulfide) groups is 1. The molecule has 3 rings (SSSR count). The maximum Gasteiger partial charge on any atom is 0.321 e. The number of carboxylic acids is 1. The lowest BCUT2D eigenvalue weighted by molar-refractivity contribution is -0.136. The molecule has 1 heterocycles. The minimum absolute atomic E-state index is 0.227. The van der Waals surface area contributed by atoms with Crippen LogP contribution in [0, 0.1) is 0 Å². The number of hydrogen-bond donors (Lipinski definition) is 1. The normalized spacial score (nSPS) is 12.2. The highest BCUT2D eigenvalue weighted by molar-refractivity contribution is 8.00. The third-order valence-corrected chi connectivity index (χ3v) is 5.21. The van der Waals surface area contributed by atoms with Crippen LogP contribution in [0.5, 0.6) is 0 Å². The summed E-state index contributed by atoms with van der Waals surface area (Å²) in [6.07, 6.45) is 0. The Labute approximate surface area is 153 Å². The van der Waals surface area contributed by atoms with Crippen LogP contribution in [-0.4, -0.2) is 20.6 Å². The second-order valence-corrected chi connectivity index (χ2v) is 6.86. The molecule has 0 saturated carbocycles. The van der Waals surface area contributed by atoms with Crippen LogP contribution in [0.3, 0.4) is 0 Å². The highest BCUT2D eigenvalue weighted by atomic mass is 35.5. The lowest BCUT2D eigenvalue weighted by atomic mass is 10.1. The number of nitrogens with zero attached hydrogens (tertiary/aromatic N) is 2. The molecular weight excluding hydrogens is 360 g/mol. The molecule has 7 heteroatoms. The molecule has 0 fully saturated rings. The minimum Gasteiger partial charge on any atom is -0.480 e. The standard InChI is InChI=1S/C18H15ClN2O3S/c1-2-21-16(22)13-10-12(19)8-9-14(13)20-18(21)25-15(17(23)24)11-6-4-3-5-7-11/h3-10,15H,2H2,1H3,(H,23,24). The van der Waals surface area contributed by atoms with Gasteiger partial charge in [0, 0.05) is 11.6 Å². The number of aliphatic carboxylic acids is 1. The van der Waals surface area contributed by atoms with Gasteiger partial charge in [0.2, 0.25) is 0 Å². The van der Waals surface area contributed by atoms with Crippen LogP contribution < -0.4 is 5.56 Å². The fourth-order valence-corrected chi connectivity index (χ4v) is 3.80. The Bertz CT molecular complexity index is 989. The number of halogens is 1. The molecule has 1 atom stereocenters. The lowest BCUT2D eigenvalue weighted by Gasteiger charge is -2.16. The summed E-state index contributed by atoms with van der Waals surface area (Å²) in [7, 11) is 0. The van der Waals surface area contributed by atoms with Crippen LogP contribution in [-0.2, 0) is 11.3 Å². The van der Waals surface area contributed by atoms with Gasteiger partial charge in [-0.3, -0.25) is 14.2 Å². The summed E-state index contributed by atoms with van der Waals surface area (Å²) in [5, 5.41) is 10.0. The molecule has 128 valence electrons. The van der Waals surface area contributed by atoms with Gasteiger partial charge >= 0.3 is 5.97 Å². The molecule has 3 aromatic rings. The molecule has 0 saturated heterocycles. The molecule has 5 nitrogen and oxygen atoms in total. The monoisotopic (exact) mass is 374 g/mol. The first-order chi connectivity index (χ1) is 12.0. The maximum atomic E-state index is 12.7. The summed E-state index contributed by atoms with van der Waals surface area (Å²) in [5.41, 5.74) is 0.918. The van der Waals surface area contributed by atoms with E-state index in [2.05, 4.69) is 4.98 Å². The number of hydrogen-bond acceptors (Lipinski definition) is 4. The number of aromatic nitrogens is 2. The molecule has 25 heavy (non-hydrogen) atoms. The molecule has 0 radical (unpaired) electrons. The van der Waals surface area contributed by atoms with Crippen molar-refractivity contribution in [3.63, 3.8) is 0 Å². The summed E-state index contributed by atoms with van der Waals surface area (Å²) >= 11 is 7.03. The Morgan fingerprint density at radius 3 is 2.64 bits per heavy atom. The van der Waals surface area contributed by atoms with E-state index in [0.29, 0.717) is 33.2 Å². The van der Waals surface area contributed by atoms with Gasteiger partial charge in [0.15, 0.2) is 5.16 Å². The molecule has 1 N–H and O–H groups in total. The van der Waals surface area contributed by atoms with Crippen molar-refractivity contribution in [3.8, 4) is 0 Å². The van der Waals surface area contributed by atoms with Crippen LogP contribution in [0.1, 0.15) is 17.7 Å². The van der Waals surface area contributed by atoms with Crippen LogP contribution in [0.15, 0.2) is 58.5 Å². The second-order valence-electron chi connectivity index (χ2n) is 5.35. The van der Waals surface area contributed by atoms with Crippen molar-refractivity contribution in [2.45, 2.75) is 23.9 Å². The van der Waals surface area contributed by atoms with E-state index in [1.54, 1.807) is 42.5 Å². The lowest BCUT2D eigenvalue weighted by Crippen LogP contribution is -2.23. The summed E-state index contributed by atoms with van der Waals surface area (Å²) < 4.78 is 1.47. The number of rotatable bonds is 5. The number of carbonyl (C=O) groups is 1. The van der Waals surface area contributed by atoms with Crippen LogP contribution in [0.2, 0.25) is 5.02 Å². The molecular formula is C18H15ClN2O3S. The van der Waals surface area contributed by atoms with E-state index in [0.717, 1.165) is 11.8 Å². The van der Waals surface area contributed by atoms with Gasteiger partial charge in [-0.05, 0) is 30.7 Å². The van der Waals surface area contributed by atoms with E-state index in [4.69, 9.17) is 11.6 Å². The highest BCUT2D eigenvalue weighted by Gasteiger charge is 2.24. The first-order valence-electron chi connectivity index (χ1n) is 7.65. The molecule has 0 amide bonds. The molecule has 0 spiro atoms. The summed E-state index contributed by atoms with van der Waals surface area (Å²) in [4.78, 5) is 29.0. The SMILES string of the molecule is CCn1c(SC(C(=O)O)c2ccccc2)nc2ccc(Cl)cc2c1=O. The average molecular weight is 375 g/mol. The molecule has 1 aromatic heterocycles. The summed E-state index contributed by atoms with van der Waals surface area (Å²) in [6.45, 7) is 2.21. The zero-order valence-electron chi connectivity index (χ0n) is 13.3. The predicted molar refractivity (Wildman–Crippen MR) is 99.4 cm³/mol. The van der Waals surface area contributed by atoms with Crippen LogP contribution in [0.4, 0.5) is 0 Å². The third-order valence-electron chi connectivity index (χ3n) is 3.75. The zero-order valence-corrected chi connectivity index (χ0v) is 14.9. The predicted octanol–water partition coefficient (Wildman–Crippen LogP) is 3.99. The van der Waals surface area contributed by atoms with Crippen molar-refractivity contribution in [1.29, 1.82) is 0 Å². The Balaban J connectivity index is 2.12. The van der Waals surface area contributed by atoms with E-state index in [-0.39, 0.29) is 5.56 Å². The van der Waals surface area contributed by atoms with Crippen molar-refractivity contribution >= 4 is 40.2 Å². The van der Waals surface area contributed by atoms with Gasteiger partial charge < -0.3 is 5.11 Å². The van der Waals surface area contributed by atoms with E-state index in [1.165, 1.54) is 4.57 Å². The molecule has 0 bridgehead atoms. The van der Waals surface area contributed by atoms with E-state index in [1.807, 2.05) is 13.0 Å². The van der Waals surface area contributed by atoms with Gasteiger partial charge in [-0.1, -0.05) is 53.7 Å². The number of fused-ring (bicyclic) bond motifs is 1. The van der Waals surface area contributed by atoms with Gasteiger partial charge in [-0.15, -0.1) is 0 Å². The van der Waals surface area contributed by atoms with E-state index < -0.39 is 11.2 Å². The van der Waals surface area contributed by atoms with Crippen molar-refractivity contribution in [3.05, 3.63) is 69.5 Å². The fraction of sp³-hybridized carbons (Fsp3) is 0.167. The zero-order chi connectivity index (χ0) is 18.0. The maximum absolute atomic E-state index is 12.7. The highest BCUT2D eigenvalue weighted by Crippen LogP contribution is 2.34. The van der Waals surface area contributed by atoms with Crippen molar-refractivity contribution in [2.24, 2.45) is 0 Å². The number of carboxylic acid groups (broad SMARTS) is 1. The van der Waals surface area contributed by atoms with Gasteiger partial charge in [0.1, 0.15) is 5.25 Å². The molecule has 0 aliphatic heterocycles. The molecule has 0 aliphatic carbocycles. The van der Waals surface area contributed by atoms with Gasteiger partial charge in [0.05, 0.1) is 10.9 Å². The Morgan fingerprint density at radius 1 is 1.28 bits per heavy atom. The van der Waals surface area contributed by atoms with E-state index in [9.17, 15) is 14.7 Å². The average Bonchev–Trinajstić information content (AvgIpc) is 2.61. The second kappa shape index (κ2) is 7.29. The van der Waals surface area contributed by atoms with Gasteiger partial charge in [-0.2, -0.15) is 0 Å². The van der Waals surface area contributed by atoms with Crippen molar-refractivity contribution < 1.29 is 9.90 Å². The van der Waals surface area contributed by atoms with Crippen LogP contribution in [0.25, 0.3) is 10.9 Å². The summed E-state index contributed by atoms with van der Waals surface area (Å²) in [6, 6.07) is 13.8. The Kier molecular flexibility index (Phi) is 5.11. The largest absolute Gasteiger partial charge is 0.480 e. The van der Waals surface area contributed by atoms with E-state index >= 15 is 0 Å². The number of benzene rings is 2. The smallest absolute Gasteiger partial charge is 0.321 e. The topological polar surface area (TPSA) is 72.2 Å². The van der Waals surface area contributed by atoms with Crippen molar-refractivity contribution in [1.82, 2.24) is 9.55 Å². The van der Waals surface area contributed by atoms with Crippen LogP contribution >= 0.6 is 23.4 Å². The minimum atomic E-state index is -0.982. The molecule has 0 aliphatic rings. The van der Waals surface area contributed by atoms with Gasteiger partial charge in [0.25, 0.3) is 5.56 Å². The fourth-order valence-electron chi connectivity index (χ4n) is 2.54. The Hall–Kier alpha value is -2.31. The molecule has 2 aromatic carbocycles. The Morgan fingerprint density at radius 2 is 2.00 bits per heavy atom. The van der Waals surface area contributed by atoms with Crippen molar-refractivity contribution in [2.75, 3.05) is 0 Å². The quantitative estimate of drug-likeness (QED) is 0.540. The first-order valence-corrected chi connectivity index (χ1v) is 8.91. The molecule has 1 unspecified atom stereocenters. The summed E-state index contributed by atoms with van der Waals surface area (Å²) in [5.74, 6) is -0.982.